The number of aromatic nitrogens is 2. The third-order valence-corrected chi connectivity index (χ3v) is 5.56. The lowest BCUT2D eigenvalue weighted by atomic mass is 10.1. The first-order chi connectivity index (χ1) is 16.6. The minimum absolute atomic E-state index is 0.0120. The lowest BCUT2D eigenvalue weighted by molar-refractivity contribution is -0.137. The number of hydrogen-bond acceptors (Lipinski definition) is 4. The predicted octanol–water partition coefficient (Wildman–Crippen LogP) is 6.25. The highest BCUT2D eigenvalue weighted by atomic mass is 19.4. The topological polar surface area (TPSA) is 62.1 Å². The van der Waals surface area contributed by atoms with Crippen molar-refractivity contribution in [1.29, 1.82) is 0 Å². The van der Waals surface area contributed by atoms with E-state index >= 15 is 0 Å². The molecule has 3 aromatic carbocycles. The number of anilines is 2. The van der Waals surface area contributed by atoms with E-state index in [4.69, 9.17) is 0 Å². The van der Waals surface area contributed by atoms with E-state index in [1.807, 2.05) is 19.9 Å². The Bertz CT molecular complexity index is 1360. The molecule has 0 saturated heterocycles. The summed E-state index contributed by atoms with van der Waals surface area (Å²) in [7, 11) is 0. The summed E-state index contributed by atoms with van der Waals surface area (Å²) in [5.74, 6) is -2.00. The summed E-state index contributed by atoms with van der Waals surface area (Å²) in [5.41, 5.74) is 1.94. The smallest absolute Gasteiger partial charge is 0.416 e. The number of imidazole rings is 1. The molecule has 0 aliphatic heterocycles. The van der Waals surface area contributed by atoms with Crippen molar-refractivity contribution in [1.82, 2.24) is 14.9 Å². The third-order valence-electron chi connectivity index (χ3n) is 5.56. The lowest BCUT2D eigenvalue weighted by Gasteiger charge is -2.15. The number of benzene rings is 3. The number of aromatic hydroxyl groups is 1. The van der Waals surface area contributed by atoms with Crippen LogP contribution in [0.3, 0.4) is 0 Å². The first kappa shape index (κ1) is 24.5. The van der Waals surface area contributed by atoms with Gasteiger partial charge in [-0.3, -0.25) is 0 Å². The lowest BCUT2D eigenvalue weighted by Crippen LogP contribution is -2.12. The second-order valence-electron chi connectivity index (χ2n) is 8.20. The van der Waals surface area contributed by atoms with Crippen molar-refractivity contribution >= 4 is 22.7 Å². The van der Waals surface area contributed by atoms with E-state index in [-0.39, 0.29) is 29.3 Å². The number of fused-ring (bicyclic) bond motifs is 1. The van der Waals surface area contributed by atoms with Crippen LogP contribution in [0.15, 0.2) is 48.5 Å². The zero-order chi connectivity index (χ0) is 25.3. The van der Waals surface area contributed by atoms with Crippen LogP contribution >= 0.6 is 0 Å². The number of nitrogens with zero attached hydrogens (tertiary/aromatic N) is 2. The minimum Gasteiger partial charge on any atom is -0.505 e. The Labute approximate surface area is 198 Å². The van der Waals surface area contributed by atoms with Crippen LogP contribution in [0.25, 0.3) is 11.0 Å². The van der Waals surface area contributed by atoms with Crippen molar-refractivity contribution in [2.75, 3.05) is 11.9 Å². The molecule has 0 unspecified atom stereocenters. The molecule has 4 aromatic rings. The molecule has 0 amide bonds. The van der Waals surface area contributed by atoms with Crippen molar-refractivity contribution in [3.8, 4) is 5.75 Å². The summed E-state index contributed by atoms with van der Waals surface area (Å²) in [6.07, 6.45) is -4.47. The minimum atomic E-state index is -4.47. The Hall–Kier alpha value is -3.66. The highest BCUT2D eigenvalue weighted by molar-refractivity contribution is 5.81. The maximum absolute atomic E-state index is 14.1. The average Bonchev–Trinajstić information content (AvgIpc) is 3.10. The van der Waals surface area contributed by atoms with Crippen molar-refractivity contribution in [3.63, 3.8) is 0 Å². The first-order valence-electron chi connectivity index (χ1n) is 10.9. The largest absolute Gasteiger partial charge is 0.505 e. The van der Waals surface area contributed by atoms with Crippen LogP contribution in [-0.2, 0) is 19.3 Å². The van der Waals surface area contributed by atoms with Gasteiger partial charge < -0.3 is 20.3 Å². The van der Waals surface area contributed by atoms with Crippen LogP contribution in [0.5, 0.6) is 5.75 Å². The zero-order valence-corrected chi connectivity index (χ0v) is 19.0. The third kappa shape index (κ3) is 5.22. The fraction of sp³-hybridized carbons (Fsp3) is 0.240. The molecule has 0 aliphatic rings. The maximum atomic E-state index is 14.1. The van der Waals surface area contributed by atoms with E-state index in [9.17, 15) is 27.1 Å². The predicted molar refractivity (Wildman–Crippen MR) is 124 cm³/mol. The molecule has 0 bridgehead atoms. The molecule has 0 fully saturated rings. The molecule has 3 N–H and O–H groups in total. The Kier molecular flexibility index (Phi) is 6.66. The molecule has 0 radical (unpaired) electrons. The van der Waals surface area contributed by atoms with Gasteiger partial charge in [0.1, 0.15) is 5.75 Å². The van der Waals surface area contributed by atoms with Crippen molar-refractivity contribution < 1.29 is 27.1 Å². The molecule has 0 atom stereocenters. The summed E-state index contributed by atoms with van der Waals surface area (Å²) in [5, 5.41) is 17.0. The highest BCUT2D eigenvalue weighted by Gasteiger charge is 2.30. The molecule has 5 nitrogen and oxygen atoms in total. The van der Waals surface area contributed by atoms with E-state index in [1.165, 1.54) is 16.7 Å². The van der Waals surface area contributed by atoms with Gasteiger partial charge in [0.15, 0.2) is 11.6 Å². The van der Waals surface area contributed by atoms with Gasteiger partial charge in [0.05, 0.1) is 28.8 Å². The SMILES string of the molecule is CCNCc1cc(C)cc(Nc2nc3cc(F)c(F)cc3n2Cc2ccc(C(F)(F)F)cc2)c1O. The highest BCUT2D eigenvalue weighted by Crippen LogP contribution is 2.34. The summed E-state index contributed by atoms with van der Waals surface area (Å²) in [6.45, 7) is 4.95. The number of rotatable bonds is 7. The van der Waals surface area contributed by atoms with Gasteiger partial charge >= 0.3 is 6.18 Å². The molecule has 0 spiro atoms. The fourth-order valence-electron chi connectivity index (χ4n) is 3.82. The van der Waals surface area contributed by atoms with E-state index in [0.29, 0.717) is 29.9 Å². The Morgan fingerprint density at radius 3 is 2.34 bits per heavy atom. The van der Waals surface area contributed by atoms with Crippen LogP contribution < -0.4 is 10.6 Å². The molecule has 0 saturated carbocycles. The molecule has 1 aromatic heterocycles. The Morgan fingerprint density at radius 2 is 1.69 bits per heavy atom. The summed E-state index contributed by atoms with van der Waals surface area (Å²) in [4.78, 5) is 4.36. The quantitative estimate of drug-likeness (QED) is 0.212. The van der Waals surface area contributed by atoms with Crippen LogP contribution in [0, 0.1) is 18.6 Å². The van der Waals surface area contributed by atoms with E-state index in [0.717, 1.165) is 29.8 Å². The molecular weight excluding hydrogens is 467 g/mol. The maximum Gasteiger partial charge on any atom is 0.416 e. The van der Waals surface area contributed by atoms with E-state index in [1.54, 1.807) is 6.07 Å². The molecule has 4 rings (SSSR count). The van der Waals surface area contributed by atoms with Crippen molar-refractivity contribution in [3.05, 3.63) is 82.4 Å². The van der Waals surface area contributed by atoms with Crippen molar-refractivity contribution in [2.45, 2.75) is 33.1 Å². The van der Waals surface area contributed by atoms with Crippen LogP contribution in [0.4, 0.5) is 33.6 Å². The van der Waals surface area contributed by atoms with Gasteiger partial charge in [0.25, 0.3) is 0 Å². The van der Waals surface area contributed by atoms with Gasteiger partial charge in [0.2, 0.25) is 5.95 Å². The van der Waals surface area contributed by atoms with Crippen LogP contribution in [0.1, 0.15) is 29.2 Å². The second-order valence-corrected chi connectivity index (χ2v) is 8.20. The van der Waals surface area contributed by atoms with Gasteiger partial charge in [-0.1, -0.05) is 25.1 Å². The second kappa shape index (κ2) is 9.53. The van der Waals surface area contributed by atoms with Gasteiger partial charge in [-0.15, -0.1) is 0 Å². The standard InChI is InChI=1S/C25H23F5N4O/c1-3-31-12-16-8-14(2)9-21(23(16)35)33-24-32-20-10-18(26)19(27)11-22(20)34(24)13-15-4-6-17(7-5-15)25(28,29)30/h4-11,31,35H,3,12-13H2,1-2H3,(H,32,33). The number of aryl methyl sites for hydroxylation is 1. The van der Waals surface area contributed by atoms with Gasteiger partial charge in [-0.05, 0) is 42.8 Å². The molecule has 1 heterocycles. The number of hydrogen-bond donors (Lipinski definition) is 3. The number of alkyl halides is 3. The summed E-state index contributed by atoms with van der Waals surface area (Å²) >= 11 is 0. The molecule has 0 aliphatic carbocycles. The zero-order valence-electron chi connectivity index (χ0n) is 19.0. The molecule has 184 valence electrons. The monoisotopic (exact) mass is 490 g/mol. The van der Waals surface area contributed by atoms with Crippen LogP contribution in [-0.4, -0.2) is 21.2 Å². The first-order valence-corrected chi connectivity index (χ1v) is 10.9. The number of nitrogens with one attached hydrogen (secondary N) is 2. The van der Waals surface area contributed by atoms with Crippen LogP contribution in [0.2, 0.25) is 0 Å². The molecule has 10 heteroatoms. The summed E-state index contributed by atoms with van der Waals surface area (Å²) in [6, 6.07) is 10.0. The number of phenols is 1. The molecular formula is C25H23F5N4O. The summed E-state index contributed by atoms with van der Waals surface area (Å²) < 4.78 is 68.3. The van der Waals surface area contributed by atoms with Crippen molar-refractivity contribution in [2.24, 2.45) is 0 Å². The normalized spacial score (nSPS) is 11.9. The number of phenolic OH excluding ortho intramolecular Hbond substituents is 1. The Morgan fingerprint density at radius 1 is 1.00 bits per heavy atom. The van der Waals surface area contributed by atoms with E-state index in [2.05, 4.69) is 15.6 Å². The Balaban J connectivity index is 1.77. The fourth-order valence-corrected chi connectivity index (χ4v) is 3.82. The van der Waals surface area contributed by atoms with Gasteiger partial charge in [-0.2, -0.15) is 13.2 Å². The number of halogens is 5. The van der Waals surface area contributed by atoms with Gasteiger partial charge in [-0.25, -0.2) is 13.8 Å². The molecule has 35 heavy (non-hydrogen) atoms. The van der Waals surface area contributed by atoms with E-state index < -0.39 is 23.4 Å². The van der Waals surface area contributed by atoms with Gasteiger partial charge in [0, 0.05) is 24.2 Å². The average molecular weight is 490 g/mol.